The van der Waals surface area contributed by atoms with Crippen molar-refractivity contribution in [3.63, 3.8) is 0 Å². The van der Waals surface area contributed by atoms with E-state index in [0.717, 1.165) is 48.2 Å². The van der Waals surface area contributed by atoms with Crippen LogP contribution in [0.5, 0.6) is 0 Å². The summed E-state index contributed by atoms with van der Waals surface area (Å²) < 4.78 is 4.75. The molecule has 6 heteroatoms. The van der Waals surface area contributed by atoms with Gasteiger partial charge in [0.2, 0.25) is 0 Å². The van der Waals surface area contributed by atoms with Crippen LogP contribution in [0.3, 0.4) is 0 Å². The number of rotatable bonds is 9. The Kier molecular flexibility index (Phi) is 7.55. The Morgan fingerprint density at radius 3 is 2.39 bits per heavy atom. The zero-order chi connectivity index (χ0) is 19.9. The molecule has 1 unspecified atom stereocenters. The van der Waals surface area contributed by atoms with Crippen LogP contribution in [0, 0.1) is 12.3 Å². The van der Waals surface area contributed by atoms with Crippen LogP contribution in [-0.2, 0) is 10.3 Å². The van der Waals surface area contributed by atoms with E-state index >= 15 is 0 Å². The number of nitrogens with one attached hydrogen (secondary N) is 1. The van der Waals surface area contributed by atoms with Gasteiger partial charge in [0.15, 0.2) is 0 Å². The van der Waals surface area contributed by atoms with E-state index in [1.165, 1.54) is 12.0 Å². The summed E-state index contributed by atoms with van der Waals surface area (Å²) in [7, 11) is 0.559. The van der Waals surface area contributed by atoms with Crippen molar-refractivity contribution in [2.45, 2.75) is 42.2 Å². The summed E-state index contributed by atoms with van der Waals surface area (Å²) >= 11 is 3.81. The molecule has 0 amide bonds. The highest BCUT2D eigenvalue weighted by Crippen LogP contribution is 2.58. The van der Waals surface area contributed by atoms with E-state index in [0.29, 0.717) is 7.48 Å². The summed E-state index contributed by atoms with van der Waals surface area (Å²) in [4.78, 5) is 0. The first-order chi connectivity index (χ1) is 13.6. The van der Waals surface area contributed by atoms with Crippen LogP contribution in [0.4, 0.5) is 0 Å². The van der Waals surface area contributed by atoms with E-state index in [1.54, 1.807) is 0 Å². The number of aryl methyl sites for hydroxylation is 1. The first kappa shape index (κ1) is 21.3. The Labute approximate surface area is 177 Å². The Hall–Kier alpha value is -1.37. The lowest BCUT2D eigenvalue weighted by molar-refractivity contribution is 0.0636. The van der Waals surface area contributed by atoms with Gasteiger partial charge in [-0.2, -0.15) is 0 Å². The summed E-state index contributed by atoms with van der Waals surface area (Å²) in [6.07, 6.45) is 4.91. The molecule has 1 aliphatic heterocycles. The van der Waals surface area contributed by atoms with Crippen LogP contribution in [0.2, 0.25) is 6.32 Å². The van der Waals surface area contributed by atoms with E-state index in [9.17, 15) is 5.11 Å². The third-order valence-corrected chi connectivity index (χ3v) is 8.90. The second kappa shape index (κ2) is 9.90. The van der Waals surface area contributed by atoms with Crippen LogP contribution in [0.1, 0.15) is 36.0 Å². The van der Waals surface area contributed by atoms with E-state index in [-0.39, 0.29) is 4.08 Å². The van der Waals surface area contributed by atoms with E-state index in [1.807, 2.05) is 41.7 Å². The largest absolute Gasteiger partial charge is 0.557 e. The predicted octanol–water partition coefficient (Wildman–Crippen LogP) is 4.97. The van der Waals surface area contributed by atoms with Gasteiger partial charge in [-0.05, 0) is 48.7 Å². The molecule has 0 spiro atoms. The lowest BCUT2D eigenvalue weighted by Gasteiger charge is -2.49. The second-order valence-corrected chi connectivity index (χ2v) is 10.2. The number of hydrogen-bond donors (Lipinski definition) is 2. The first-order valence-electron chi connectivity index (χ1n) is 9.86. The zero-order valence-electron chi connectivity index (χ0n) is 16.4. The summed E-state index contributed by atoms with van der Waals surface area (Å²) in [6, 6.07) is 18.5. The van der Waals surface area contributed by atoms with Crippen LogP contribution in [-0.4, -0.2) is 34.6 Å². The monoisotopic (exact) mass is 413 g/mol. The summed E-state index contributed by atoms with van der Waals surface area (Å²) in [5.74, 6) is 2.12. The quantitative estimate of drug-likeness (QED) is 0.264. The fraction of sp³-hybridized carbons (Fsp3) is 0.409. The average Bonchev–Trinajstić information content (AvgIpc) is 2.75. The molecule has 0 aromatic heterocycles. The van der Waals surface area contributed by atoms with Crippen LogP contribution in [0.15, 0.2) is 54.6 Å². The highest BCUT2D eigenvalue weighted by molar-refractivity contribution is 8.18. The number of aliphatic hydroxyl groups is 1. The molecular weight excluding hydrogens is 385 g/mol. The Morgan fingerprint density at radius 2 is 1.75 bits per heavy atom. The maximum absolute atomic E-state index is 12.4. The minimum atomic E-state index is -1.07. The summed E-state index contributed by atoms with van der Waals surface area (Å²) in [6.45, 7) is 2.08. The van der Waals surface area contributed by atoms with Crippen molar-refractivity contribution in [2.24, 2.45) is 0 Å². The molecule has 1 saturated heterocycles. The fourth-order valence-electron chi connectivity index (χ4n) is 3.79. The highest BCUT2D eigenvalue weighted by atomic mass is 32.2. The maximum atomic E-state index is 12.4. The summed E-state index contributed by atoms with van der Waals surface area (Å²) in [5.41, 5.74) is 2.04. The third kappa shape index (κ3) is 4.45. The first-order valence-corrected chi connectivity index (χ1v) is 11.8. The van der Waals surface area contributed by atoms with Gasteiger partial charge in [-0.3, -0.25) is 5.41 Å². The average molecular weight is 413 g/mol. The molecule has 0 radical (unpaired) electrons. The minimum absolute atomic E-state index is 0.341. The highest BCUT2D eigenvalue weighted by Gasteiger charge is 2.54. The van der Waals surface area contributed by atoms with Crippen molar-refractivity contribution in [3.05, 3.63) is 71.3 Å². The minimum Gasteiger partial charge on any atom is -0.557 e. The Morgan fingerprint density at radius 1 is 1.11 bits per heavy atom. The van der Waals surface area contributed by atoms with Gasteiger partial charge in [-0.25, -0.2) is 0 Å². The van der Waals surface area contributed by atoms with Crippen LogP contribution in [0.25, 0.3) is 0 Å². The molecule has 2 aromatic rings. The molecule has 0 aliphatic carbocycles. The molecule has 3 nitrogen and oxygen atoms in total. The van der Waals surface area contributed by atoms with Gasteiger partial charge in [-0.15, -0.1) is 23.5 Å². The van der Waals surface area contributed by atoms with Gasteiger partial charge in [0, 0.05) is 0 Å². The van der Waals surface area contributed by atoms with Crippen molar-refractivity contribution < 1.29 is 9.76 Å². The molecule has 1 heterocycles. The standard InChI is InChI=1S/C22H28BNO2S2/c1-18-9-11-20(12-10-18)22(25,19-7-3-2-4-8-19)21(27-15-6-16-28-21)13-5-14-23-26-17-24/h2-4,7-12,17,23-25H,5-6,13-16H2,1H3. The lowest BCUT2D eigenvalue weighted by Crippen LogP contribution is -2.49. The molecule has 2 N–H and O–H groups in total. The number of hydrogen-bond acceptors (Lipinski definition) is 5. The normalized spacial score (nSPS) is 18.1. The molecule has 3 rings (SSSR count). The van der Waals surface area contributed by atoms with E-state index in [4.69, 9.17) is 10.1 Å². The van der Waals surface area contributed by atoms with E-state index in [2.05, 4.69) is 43.3 Å². The smallest absolute Gasteiger partial charge is 0.341 e. The fourth-order valence-corrected chi connectivity index (χ4v) is 7.51. The van der Waals surface area contributed by atoms with Gasteiger partial charge >= 0.3 is 7.48 Å². The third-order valence-electron chi connectivity index (χ3n) is 5.27. The number of benzene rings is 2. The molecule has 2 aromatic carbocycles. The SMILES string of the molecule is Cc1ccc(C(O)(c2ccccc2)C2(CCCBOC=N)SCCCS2)cc1. The van der Waals surface area contributed by atoms with Crippen molar-refractivity contribution in [1.82, 2.24) is 0 Å². The van der Waals surface area contributed by atoms with Crippen LogP contribution < -0.4 is 0 Å². The topological polar surface area (TPSA) is 53.3 Å². The number of thioether (sulfide) groups is 2. The molecule has 0 saturated carbocycles. The van der Waals surface area contributed by atoms with E-state index < -0.39 is 5.60 Å². The molecule has 1 aliphatic rings. The van der Waals surface area contributed by atoms with Gasteiger partial charge in [0.1, 0.15) is 12.0 Å². The van der Waals surface area contributed by atoms with Crippen molar-refractivity contribution in [3.8, 4) is 0 Å². The maximum Gasteiger partial charge on any atom is 0.341 e. The van der Waals surface area contributed by atoms with Gasteiger partial charge < -0.3 is 9.76 Å². The van der Waals surface area contributed by atoms with Crippen molar-refractivity contribution >= 4 is 37.4 Å². The molecule has 1 fully saturated rings. The molecule has 0 bridgehead atoms. The molecule has 28 heavy (non-hydrogen) atoms. The summed E-state index contributed by atoms with van der Waals surface area (Å²) in [5, 5.41) is 19.4. The predicted molar refractivity (Wildman–Crippen MR) is 124 cm³/mol. The molecular formula is C22H28BNO2S2. The Bertz CT molecular complexity index is 751. The van der Waals surface area contributed by atoms with Gasteiger partial charge in [-0.1, -0.05) is 66.6 Å². The molecule has 148 valence electrons. The van der Waals surface area contributed by atoms with Gasteiger partial charge in [0.05, 0.1) is 4.08 Å². The zero-order valence-corrected chi connectivity index (χ0v) is 18.0. The van der Waals surface area contributed by atoms with Crippen molar-refractivity contribution in [1.29, 1.82) is 5.41 Å². The van der Waals surface area contributed by atoms with Gasteiger partial charge in [0.25, 0.3) is 0 Å². The lowest BCUT2D eigenvalue weighted by atomic mass is 9.79. The molecule has 1 atom stereocenters. The van der Waals surface area contributed by atoms with Crippen molar-refractivity contribution in [2.75, 3.05) is 11.5 Å². The second-order valence-electron chi connectivity index (χ2n) is 7.19. The Balaban J connectivity index is 2.01. The van der Waals surface area contributed by atoms with Crippen LogP contribution >= 0.6 is 23.5 Å².